The van der Waals surface area contributed by atoms with Gasteiger partial charge < -0.3 is 14.7 Å². The normalized spacial score (nSPS) is 16.8. The first-order valence-corrected chi connectivity index (χ1v) is 11.2. The molecule has 0 amide bonds. The molecule has 0 bridgehead atoms. The van der Waals surface area contributed by atoms with Crippen molar-refractivity contribution in [2.75, 3.05) is 26.2 Å². The summed E-state index contributed by atoms with van der Waals surface area (Å²) in [5, 5.41) is 12.8. The third-order valence-electron chi connectivity index (χ3n) is 5.80. The standard InChI is InChI=1S/C25H28BrNO2/c26-25-23-9-5-4-8-21(23)10-11-24(25)29-18-22(28)17-27-14-12-20(13-15-27)16-19-6-2-1-3-7-19/h1-11,20,22,28H,12-18H2. The molecule has 1 aliphatic heterocycles. The third-order valence-corrected chi connectivity index (χ3v) is 6.62. The fourth-order valence-electron chi connectivity index (χ4n) is 4.18. The van der Waals surface area contributed by atoms with Gasteiger partial charge in [0.05, 0.1) is 4.47 Å². The highest BCUT2D eigenvalue weighted by Crippen LogP contribution is 2.33. The lowest BCUT2D eigenvalue weighted by Gasteiger charge is -2.33. The van der Waals surface area contributed by atoms with Crippen LogP contribution >= 0.6 is 15.9 Å². The molecular weight excluding hydrogens is 426 g/mol. The minimum Gasteiger partial charge on any atom is -0.490 e. The molecule has 1 aliphatic rings. The summed E-state index contributed by atoms with van der Waals surface area (Å²) in [7, 11) is 0. The summed E-state index contributed by atoms with van der Waals surface area (Å²) in [5.74, 6) is 1.53. The SMILES string of the molecule is OC(COc1ccc2ccccc2c1Br)CN1CCC(Cc2ccccc2)CC1. The molecule has 0 aliphatic carbocycles. The van der Waals surface area contributed by atoms with Crippen molar-refractivity contribution in [2.24, 2.45) is 5.92 Å². The lowest BCUT2D eigenvalue weighted by Crippen LogP contribution is -2.41. The molecule has 1 N–H and O–H groups in total. The molecule has 0 spiro atoms. The molecule has 0 radical (unpaired) electrons. The highest BCUT2D eigenvalue weighted by molar-refractivity contribution is 9.10. The van der Waals surface area contributed by atoms with E-state index in [9.17, 15) is 5.11 Å². The van der Waals surface area contributed by atoms with Gasteiger partial charge in [0.25, 0.3) is 0 Å². The van der Waals surface area contributed by atoms with Crippen LogP contribution in [-0.4, -0.2) is 42.4 Å². The molecule has 29 heavy (non-hydrogen) atoms. The fourth-order valence-corrected chi connectivity index (χ4v) is 4.79. The largest absolute Gasteiger partial charge is 0.490 e. The van der Waals surface area contributed by atoms with E-state index >= 15 is 0 Å². The van der Waals surface area contributed by atoms with E-state index in [0.29, 0.717) is 13.2 Å². The van der Waals surface area contributed by atoms with E-state index in [2.05, 4.69) is 69.4 Å². The summed E-state index contributed by atoms with van der Waals surface area (Å²) < 4.78 is 6.87. The van der Waals surface area contributed by atoms with Gasteiger partial charge >= 0.3 is 0 Å². The zero-order chi connectivity index (χ0) is 20.1. The van der Waals surface area contributed by atoms with Crippen molar-refractivity contribution in [3.05, 3.63) is 76.8 Å². The Balaban J connectivity index is 1.23. The summed E-state index contributed by atoms with van der Waals surface area (Å²) in [6, 6.07) is 23.0. The second-order valence-electron chi connectivity index (χ2n) is 8.00. The van der Waals surface area contributed by atoms with Crippen molar-refractivity contribution in [3.63, 3.8) is 0 Å². The summed E-state index contributed by atoms with van der Waals surface area (Å²) in [5.41, 5.74) is 1.43. The molecule has 0 saturated carbocycles. The van der Waals surface area contributed by atoms with Crippen LogP contribution in [0, 0.1) is 5.92 Å². The molecule has 1 atom stereocenters. The Kier molecular flexibility index (Phi) is 6.86. The van der Waals surface area contributed by atoms with Crippen LogP contribution in [0.5, 0.6) is 5.75 Å². The smallest absolute Gasteiger partial charge is 0.134 e. The Labute approximate surface area is 181 Å². The van der Waals surface area contributed by atoms with Gasteiger partial charge in [-0.3, -0.25) is 0 Å². The highest BCUT2D eigenvalue weighted by atomic mass is 79.9. The molecule has 4 rings (SSSR count). The second kappa shape index (κ2) is 9.75. The topological polar surface area (TPSA) is 32.7 Å². The molecule has 1 heterocycles. The summed E-state index contributed by atoms with van der Waals surface area (Å²) in [4.78, 5) is 2.37. The Morgan fingerprint density at radius 1 is 0.966 bits per heavy atom. The van der Waals surface area contributed by atoms with Crippen LogP contribution in [0.2, 0.25) is 0 Å². The van der Waals surface area contributed by atoms with E-state index in [4.69, 9.17) is 4.74 Å². The molecule has 1 fully saturated rings. The monoisotopic (exact) mass is 453 g/mol. The number of piperidine rings is 1. The average molecular weight is 454 g/mol. The number of fused-ring (bicyclic) bond motifs is 1. The first-order valence-electron chi connectivity index (χ1n) is 10.4. The minimum atomic E-state index is -0.487. The van der Waals surface area contributed by atoms with Crippen LogP contribution in [-0.2, 0) is 6.42 Å². The maximum absolute atomic E-state index is 10.5. The highest BCUT2D eigenvalue weighted by Gasteiger charge is 2.21. The molecule has 152 valence electrons. The maximum atomic E-state index is 10.5. The van der Waals surface area contributed by atoms with E-state index in [0.717, 1.165) is 41.0 Å². The van der Waals surface area contributed by atoms with Crippen molar-refractivity contribution in [3.8, 4) is 5.75 Å². The first-order chi connectivity index (χ1) is 14.2. The first kappa shape index (κ1) is 20.4. The zero-order valence-electron chi connectivity index (χ0n) is 16.6. The van der Waals surface area contributed by atoms with E-state index in [1.165, 1.54) is 23.8 Å². The Morgan fingerprint density at radius 2 is 1.69 bits per heavy atom. The molecule has 1 unspecified atom stereocenters. The van der Waals surface area contributed by atoms with Crippen molar-refractivity contribution in [1.29, 1.82) is 0 Å². The van der Waals surface area contributed by atoms with Gasteiger partial charge in [0, 0.05) is 6.54 Å². The Hall–Kier alpha value is -1.88. The maximum Gasteiger partial charge on any atom is 0.134 e. The number of hydrogen-bond acceptors (Lipinski definition) is 3. The number of ether oxygens (including phenoxy) is 1. The number of rotatable bonds is 7. The molecule has 1 saturated heterocycles. The van der Waals surface area contributed by atoms with Crippen molar-refractivity contribution < 1.29 is 9.84 Å². The van der Waals surface area contributed by atoms with Gasteiger partial charge in [-0.15, -0.1) is 0 Å². The minimum absolute atomic E-state index is 0.306. The van der Waals surface area contributed by atoms with Gasteiger partial charge in [0.15, 0.2) is 0 Å². The lowest BCUT2D eigenvalue weighted by atomic mass is 9.90. The number of aliphatic hydroxyl groups is 1. The fraction of sp³-hybridized carbons (Fsp3) is 0.360. The van der Waals surface area contributed by atoms with E-state index in [1.807, 2.05) is 18.2 Å². The number of nitrogens with zero attached hydrogens (tertiary/aromatic N) is 1. The number of β-amino-alcohol motifs (C(OH)–C–C–N with tert-alkyl or cyclic N) is 1. The molecule has 3 aromatic rings. The molecule has 0 aromatic heterocycles. The van der Waals surface area contributed by atoms with Crippen LogP contribution < -0.4 is 4.74 Å². The number of likely N-dealkylation sites (tertiary alicyclic amines) is 1. The molecular formula is C25H28BrNO2. The molecule has 4 heteroatoms. The van der Waals surface area contributed by atoms with Gasteiger partial charge in [-0.05, 0) is 76.6 Å². The molecule has 3 nitrogen and oxygen atoms in total. The van der Waals surface area contributed by atoms with Crippen molar-refractivity contribution in [2.45, 2.75) is 25.4 Å². The van der Waals surface area contributed by atoms with Gasteiger partial charge in [-0.25, -0.2) is 0 Å². The predicted octanol–water partition coefficient (Wildman–Crippen LogP) is 5.30. The lowest BCUT2D eigenvalue weighted by molar-refractivity contribution is 0.0549. The summed E-state index contributed by atoms with van der Waals surface area (Å²) >= 11 is 3.65. The molecule has 3 aromatic carbocycles. The van der Waals surface area contributed by atoms with Gasteiger partial charge in [-0.2, -0.15) is 0 Å². The third kappa shape index (κ3) is 5.39. The van der Waals surface area contributed by atoms with Crippen LogP contribution in [0.25, 0.3) is 10.8 Å². The van der Waals surface area contributed by atoms with Crippen LogP contribution in [0.1, 0.15) is 18.4 Å². The van der Waals surface area contributed by atoms with Crippen molar-refractivity contribution >= 4 is 26.7 Å². The van der Waals surface area contributed by atoms with Gasteiger partial charge in [0.1, 0.15) is 18.5 Å². The average Bonchev–Trinajstić information content (AvgIpc) is 2.76. The number of hydrogen-bond donors (Lipinski definition) is 1. The van der Waals surface area contributed by atoms with E-state index in [-0.39, 0.29) is 0 Å². The second-order valence-corrected chi connectivity index (χ2v) is 8.79. The number of halogens is 1. The predicted molar refractivity (Wildman–Crippen MR) is 122 cm³/mol. The van der Waals surface area contributed by atoms with Crippen LogP contribution in [0.4, 0.5) is 0 Å². The van der Waals surface area contributed by atoms with Crippen LogP contribution in [0.15, 0.2) is 71.2 Å². The van der Waals surface area contributed by atoms with E-state index in [1.54, 1.807) is 0 Å². The van der Waals surface area contributed by atoms with E-state index < -0.39 is 6.10 Å². The Morgan fingerprint density at radius 3 is 2.48 bits per heavy atom. The van der Waals surface area contributed by atoms with Crippen LogP contribution in [0.3, 0.4) is 0 Å². The zero-order valence-corrected chi connectivity index (χ0v) is 18.2. The summed E-state index contributed by atoms with van der Waals surface area (Å²) in [6.45, 7) is 3.08. The number of benzene rings is 3. The summed E-state index contributed by atoms with van der Waals surface area (Å²) in [6.07, 6.45) is 3.06. The number of aliphatic hydroxyl groups excluding tert-OH is 1. The van der Waals surface area contributed by atoms with Gasteiger partial charge in [0.2, 0.25) is 0 Å². The van der Waals surface area contributed by atoms with Gasteiger partial charge in [-0.1, -0.05) is 60.7 Å². The Bertz CT molecular complexity index is 923. The van der Waals surface area contributed by atoms with Crippen molar-refractivity contribution in [1.82, 2.24) is 4.90 Å². The quantitative estimate of drug-likeness (QED) is 0.526.